The summed E-state index contributed by atoms with van der Waals surface area (Å²) in [6.45, 7) is 8.23. The van der Waals surface area contributed by atoms with Crippen molar-refractivity contribution < 1.29 is 9.53 Å². The largest absolute Gasteiger partial charge is 0.478 e. The monoisotopic (exact) mass is 377 g/mol. The molecule has 3 heterocycles. The summed E-state index contributed by atoms with van der Waals surface area (Å²) in [5, 5.41) is 11.8. The first-order valence-electron chi connectivity index (χ1n) is 9.48. The van der Waals surface area contributed by atoms with Gasteiger partial charge in [-0.1, -0.05) is 6.07 Å². The van der Waals surface area contributed by atoms with E-state index < -0.39 is 6.10 Å². The minimum atomic E-state index is -0.457. The van der Waals surface area contributed by atoms with E-state index in [0.717, 1.165) is 55.5 Å². The quantitative estimate of drug-likeness (QED) is 0.884. The summed E-state index contributed by atoms with van der Waals surface area (Å²) in [5.41, 5.74) is 3.55. The Balaban J connectivity index is 1.40. The Labute approximate surface area is 164 Å². The number of benzene rings is 1. The third-order valence-corrected chi connectivity index (χ3v) is 5.24. The Morgan fingerprint density at radius 1 is 1.29 bits per heavy atom. The lowest BCUT2D eigenvalue weighted by atomic mass is 10.1. The number of anilines is 2. The molecule has 7 nitrogen and oxygen atoms in total. The summed E-state index contributed by atoms with van der Waals surface area (Å²) < 4.78 is 5.74. The molecule has 0 saturated carbocycles. The molecule has 1 fully saturated rings. The molecule has 1 saturated heterocycles. The van der Waals surface area contributed by atoms with Gasteiger partial charge in [0.2, 0.25) is 0 Å². The highest BCUT2D eigenvalue weighted by molar-refractivity contribution is 5.97. The SMILES string of the molecule is Cc1cc(CN2CCN(c3ccc(C#N)cn3)CC2)cc2c1OC(C)C(=O)N2. The maximum atomic E-state index is 11.9. The molecule has 144 valence electrons. The average molecular weight is 377 g/mol. The smallest absolute Gasteiger partial charge is 0.265 e. The maximum absolute atomic E-state index is 11.9. The van der Waals surface area contributed by atoms with Crippen LogP contribution >= 0.6 is 0 Å². The fourth-order valence-electron chi connectivity index (χ4n) is 3.69. The molecule has 1 aromatic heterocycles. The molecule has 28 heavy (non-hydrogen) atoms. The molecule has 0 spiro atoms. The Bertz CT molecular complexity index is 927. The topological polar surface area (TPSA) is 81.5 Å². The van der Waals surface area contributed by atoms with Gasteiger partial charge in [0, 0.05) is 38.9 Å². The summed E-state index contributed by atoms with van der Waals surface area (Å²) in [6.07, 6.45) is 1.16. The predicted molar refractivity (Wildman–Crippen MR) is 106 cm³/mol. The predicted octanol–water partition coefficient (Wildman–Crippen LogP) is 2.30. The summed E-state index contributed by atoms with van der Waals surface area (Å²) in [7, 11) is 0. The zero-order valence-electron chi connectivity index (χ0n) is 16.1. The van der Waals surface area contributed by atoms with Crippen LogP contribution in [0.3, 0.4) is 0 Å². The molecular weight excluding hydrogens is 354 g/mol. The van der Waals surface area contributed by atoms with E-state index in [9.17, 15) is 4.79 Å². The number of rotatable bonds is 3. The Morgan fingerprint density at radius 3 is 2.75 bits per heavy atom. The molecule has 1 unspecified atom stereocenters. The number of hydrogen-bond acceptors (Lipinski definition) is 6. The van der Waals surface area contributed by atoms with Crippen molar-refractivity contribution in [1.82, 2.24) is 9.88 Å². The summed E-state index contributed by atoms with van der Waals surface area (Å²) in [5.74, 6) is 1.58. The molecule has 0 radical (unpaired) electrons. The third-order valence-electron chi connectivity index (χ3n) is 5.24. The summed E-state index contributed by atoms with van der Waals surface area (Å²) in [4.78, 5) is 20.9. The number of amides is 1. The van der Waals surface area contributed by atoms with E-state index in [2.05, 4.69) is 32.2 Å². The lowest BCUT2D eigenvalue weighted by molar-refractivity contribution is -0.122. The Morgan fingerprint density at radius 2 is 2.07 bits per heavy atom. The van der Waals surface area contributed by atoms with Gasteiger partial charge < -0.3 is 15.0 Å². The van der Waals surface area contributed by atoms with Crippen LogP contribution in [0.25, 0.3) is 0 Å². The van der Waals surface area contributed by atoms with Crippen molar-refractivity contribution in [2.24, 2.45) is 0 Å². The van der Waals surface area contributed by atoms with Crippen LogP contribution < -0.4 is 15.0 Å². The second kappa shape index (κ2) is 7.49. The van der Waals surface area contributed by atoms with Crippen LogP contribution in [0.1, 0.15) is 23.6 Å². The lowest BCUT2D eigenvalue weighted by Gasteiger charge is -2.35. The lowest BCUT2D eigenvalue weighted by Crippen LogP contribution is -2.46. The molecule has 0 bridgehead atoms. The number of pyridine rings is 1. The van der Waals surface area contributed by atoms with Crippen molar-refractivity contribution in [1.29, 1.82) is 5.26 Å². The minimum absolute atomic E-state index is 0.104. The first-order valence-corrected chi connectivity index (χ1v) is 9.48. The van der Waals surface area contributed by atoms with Crippen molar-refractivity contribution >= 4 is 17.4 Å². The molecule has 1 aromatic carbocycles. The van der Waals surface area contributed by atoms with E-state index in [0.29, 0.717) is 5.56 Å². The average Bonchev–Trinajstić information content (AvgIpc) is 2.70. The maximum Gasteiger partial charge on any atom is 0.265 e. The fraction of sp³-hybridized carbons (Fsp3) is 0.381. The van der Waals surface area contributed by atoms with Gasteiger partial charge in [0.05, 0.1) is 11.3 Å². The standard InChI is InChI=1S/C21H23N5O2/c1-14-9-17(10-18-20(14)28-15(2)21(27)24-18)13-25-5-7-26(8-6-25)19-4-3-16(11-22)12-23-19/h3-4,9-10,12,15H,5-8,13H2,1-2H3,(H,24,27). The number of aromatic nitrogens is 1. The van der Waals surface area contributed by atoms with Gasteiger partial charge in [-0.15, -0.1) is 0 Å². The van der Waals surface area contributed by atoms with Crippen LogP contribution in [0.5, 0.6) is 5.75 Å². The number of hydrogen-bond donors (Lipinski definition) is 1. The van der Waals surface area contributed by atoms with Crippen LogP contribution in [0.4, 0.5) is 11.5 Å². The number of piperazine rings is 1. The van der Waals surface area contributed by atoms with Crippen LogP contribution in [0.2, 0.25) is 0 Å². The second-order valence-corrected chi connectivity index (χ2v) is 7.32. The number of fused-ring (bicyclic) bond motifs is 1. The third kappa shape index (κ3) is 3.64. The number of carbonyl (C=O) groups is 1. The van der Waals surface area contributed by atoms with Gasteiger partial charge >= 0.3 is 0 Å². The number of aryl methyl sites for hydroxylation is 1. The van der Waals surface area contributed by atoms with Crippen LogP contribution in [-0.2, 0) is 11.3 Å². The van der Waals surface area contributed by atoms with E-state index in [-0.39, 0.29) is 5.91 Å². The van der Waals surface area contributed by atoms with Gasteiger partial charge in [-0.05, 0) is 43.2 Å². The van der Waals surface area contributed by atoms with Crippen LogP contribution in [-0.4, -0.2) is 48.1 Å². The van der Waals surface area contributed by atoms with Gasteiger partial charge in [-0.3, -0.25) is 9.69 Å². The minimum Gasteiger partial charge on any atom is -0.478 e. The zero-order valence-corrected chi connectivity index (χ0v) is 16.1. The highest BCUT2D eigenvalue weighted by Gasteiger charge is 2.26. The van der Waals surface area contributed by atoms with Crippen molar-refractivity contribution in [2.75, 3.05) is 36.4 Å². The molecule has 7 heteroatoms. The molecule has 2 aliphatic rings. The Kier molecular flexibility index (Phi) is 4.88. The van der Waals surface area contributed by atoms with Crippen molar-refractivity contribution in [3.63, 3.8) is 0 Å². The van der Waals surface area contributed by atoms with Gasteiger partial charge in [0.1, 0.15) is 17.6 Å². The number of ether oxygens (including phenoxy) is 1. The van der Waals surface area contributed by atoms with Gasteiger partial charge in [0.15, 0.2) is 6.10 Å². The second-order valence-electron chi connectivity index (χ2n) is 7.32. The number of nitriles is 1. The van der Waals surface area contributed by atoms with Crippen LogP contribution in [0.15, 0.2) is 30.5 Å². The van der Waals surface area contributed by atoms with Crippen molar-refractivity contribution in [3.8, 4) is 11.8 Å². The Hall–Kier alpha value is -3.11. The van der Waals surface area contributed by atoms with E-state index in [1.807, 2.05) is 25.1 Å². The highest BCUT2D eigenvalue weighted by atomic mass is 16.5. The van der Waals surface area contributed by atoms with E-state index in [4.69, 9.17) is 10.00 Å². The molecule has 4 rings (SSSR count). The van der Waals surface area contributed by atoms with Crippen molar-refractivity contribution in [3.05, 3.63) is 47.2 Å². The van der Waals surface area contributed by atoms with E-state index >= 15 is 0 Å². The highest BCUT2D eigenvalue weighted by Crippen LogP contribution is 2.34. The molecule has 2 aromatic rings. The summed E-state index contributed by atoms with van der Waals surface area (Å²) in [6, 6.07) is 9.96. The van der Waals surface area contributed by atoms with Crippen LogP contribution in [0, 0.1) is 18.3 Å². The molecule has 1 amide bonds. The fourth-order valence-corrected chi connectivity index (χ4v) is 3.69. The van der Waals surface area contributed by atoms with Gasteiger partial charge in [0.25, 0.3) is 5.91 Å². The van der Waals surface area contributed by atoms with Gasteiger partial charge in [-0.2, -0.15) is 5.26 Å². The molecule has 1 N–H and O–H groups in total. The first kappa shape index (κ1) is 18.3. The molecule has 2 aliphatic heterocycles. The first-order chi connectivity index (χ1) is 13.5. The normalized spacial score (nSPS) is 19.4. The molecule has 0 aliphatic carbocycles. The van der Waals surface area contributed by atoms with E-state index in [1.165, 1.54) is 5.56 Å². The van der Waals surface area contributed by atoms with Crippen molar-refractivity contribution in [2.45, 2.75) is 26.5 Å². The zero-order chi connectivity index (χ0) is 19.7. The molecule has 1 atom stereocenters. The molecular formula is C21H23N5O2. The number of nitrogens with one attached hydrogen (secondary N) is 1. The summed E-state index contributed by atoms with van der Waals surface area (Å²) >= 11 is 0. The number of nitrogens with zero attached hydrogens (tertiary/aromatic N) is 4. The number of carbonyl (C=O) groups excluding carboxylic acids is 1. The van der Waals surface area contributed by atoms with Gasteiger partial charge in [-0.25, -0.2) is 4.98 Å². The van der Waals surface area contributed by atoms with E-state index in [1.54, 1.807) is 13.1 Å².